The van der Waals surface area contributed by atoms with Crippen LogP contribution < -0.4 is 5.32 Å². The number of nitrogens with zero attached hydrogens (tertiary/aromatic N) is 1. The standard InChI is InChI=1S/C18H24N2OS/c1-3-4-5-8-14(2)20-18(21)13-22-17-11-12-19-16-10-7-6-9-15(16)17/h6-7,9-12,14H,3-5,8,13H2,1-2H3,(H,20,21). The monoisotopic (exact) mass is 316 g/mol. The first-order valence-electron chi connectivity index (χ1n) is 7.96. The zero-order valence-electron chi connectivity index (χ0n) is 13.3. The quantitative estimate of drug-likeness (QED) is 0.579. The van der Waals surface area contributed by atoms with Crippen molar-refractivity contribution in [2.24, 2.45) is 0 Å². The van der Waals surface area contributed by atoms with Gasteiger partial charge in [0.15, 0.2) is 0 Å². The average molecular weight is 316 g/mol. The lowest BCUT2D eigenvalue weighted by Crippen LogP contribution is -2.33. The molecule has 2 rings (SSSR count). The normalized spacial score (nSPS) is 12.3. The Hall–Kier alpha value is -1.55. The Bertz CT molecular complexity index is 610. The minimum Gasteiger partial charge on any atom is -0.353 e. The first-order valence-corrected chi connectivity index (χ1v) is 8.95. The van der Waals surface area contributed by atoms with Crippen LogP contribution in [-0.4, -0.2) is 22.7 Å². The molecule has 2 aromatic rings. The van der Waals surface area contributed by atoms with Gasteiger partial charge in [0.1, 0.15) is 0 Å². The fourth-order valence-corrected chi connectivity index (χ4v) is 3.28. The van der Waals surface area contributed by atoms with E-state index in [1.54, 1.807) is 18.0 Å². The number of para-hydroxylation sites is 1. The molecule has 1 amide bonds. The molecule has 0 fully saturated rings. The van der Waals surface area contributed by atoms with Crippen molar-refractivity contribution in [1.82, 2.24) is 10.3 Å². The van der Waals surface area contributed by atoms with Gasteiger partial charge in [-0.25, -0.2) is 0 Å². The van der Waals surface area contributed by atoms with Crippen molar-refractivity contribution in [3.63, 3.8) is 0 Å². The summed E-state index contributed by atoms with van der Waals surface area (Å²) < 4.78 is 0. The van der Waals surface area contributed by atoms with Gasteiger partial charge < -0.3 is 5.32 Å². The summed E-state index contributed by atoms with van der Waals surface area (Å²) in [6, 6.07) is 10.3. The van der Waals surface area contributed by atoms with Gasteiger partial charge in [-0.3, -0.25) is 9.78 Å². The second-order valence-corrected chi connectivity index (χ2v) is 6.60. The summed E-state index contributed by atoms with van der Waals surface area (Å²) >= 11 is 1.58. The SMILES string of the molecule is CCCCCC(C)NC(=O)CSc1ccnc2ccccc12. The van der Waals surface area contributed by atoms with E-state index in [-0.39, 0.29) is 11.9 Å². The van der Waals surface area contributed by atoms with Gasteiger partial charge in [-0.15, -0.1) is 11.8 Å². The fourth-order valence-electron chi connectivity index (χ4n) is 2.43. The van der Waals surface area contributed by atoms with Gasteiger partial charge in [0.2, 0.25) is 5.91 Å². The van der Waals surface area contributed by atoms with Crippen LogP contribution in [-0.2, 0) is 4.79 Å². The number of aromatic nitrogens is 1. The van der Waals surface area contributed by atoms with E-state index in [9.17, 15) is 4.79 Å². The molecule has 1 unspecified atom stereocenters. The van der Waals surface area contributed by atoms with Crippen molar-refractivity contribution in [1.29, 1.82) is 0 Å². The van der Waals surface area contributed by atoms with E-state index in [0.29, 0.717) is 5.75 Å². The molecule has 0 saturated carbocycles. The summed E-state index contributed by atoms with van der Waals surface area (Å²) in [6.45, 7) is 4.28. The van der Waals surface area contributed by atoms with Gasteiger partial charge in [0.25, 0.3) is 0 Å². The molecule has 0 aliphatic heterocycles. The molecule has 0 bridgehead atoms. The summed E-state index contributed by atoms with van der Waals surface area (Å²) in [5.41, 5.74) is 0.973. The van der Waals surface area contributed by atoms with Gasteiger partial charge in [-0.1, -0.05) is 44.4 Å². The van der Waals surface area contributed by atoms with Crippen LogP contribution in [0, 0.1) is 0 Å². The van der Waals surface area contributed by atoms with E-state index in [1.165, 1.54) is 19.3 Å². The van der Waals surface area contributed by atoms with Gasteiger partial charge in [0, 0.05) is 22.5 Å². The maximum atomic E-state index is 12.0. The number of hydrogen-bond acceptors (Lipinski definition) is 3. The minimum absolute atomic E-state index is 0.106. The zero-order chi connectivity index (χ0) is 15.8. The second-order valence-electron chi connectivity index (χ2n) is 5.58. The maximum absolute atomic E-state index is 12.0. The van der Waals surface area contributed by atoms with Crippen molar-refractivity contribution in [3.8, 4) is 0 Å². The second kappa shape index (κ2) is 8.79. The highest BCUT2D eigenvalue weighted by molar-refractivity contribution is 8.00. The average Bonchev–Trinajstić information content (AvgIpc) is 2.53. The summed E-state index contributed by atoms with van der Waals surface area (Å²) in [7, 11) is 0. The molecule has 1 atom stereocenters. The molecule has 1 heterocycles. The van der Waals surface area contributed by atoms with Crippen molar-refractivity contribution >= 4 is 28.6 Å². The number of thioether (sulfide) groups is 1. The van der Waals surface area contributed by atoms with Gasteiger partial charge in [-0.2, -0.15) is 0 Å². The highest BCUT2D eigenvalue weighted by atomic mass is 32.2. The third-order valence-corrected chi connectivity index (χ3v) is 4.69. The molecule has 0 radical (unpaired) electrons. The summed E-state index contributed by atoms with van der Waals surface area (Å²) in [4.78, 5) is 17.5. The maximum Gasteiger partial charge on any atom is 0.230 e. The van der Waals surface area contributed by atoms with Gasteiger partial charge in [0.05, 0.1) is 11.3 Å². The van der Waals surface area contributed by atoms with E-state index < -0.39 is 0 Å². The van der Waals surface area contributed by atoms with Crippen molar-refractivity contribution in [3.05, 3.63) is 36.5 Å². The number of carbonyl (C=O) groups is 1. The molecule has 0 saturated heterocycles. The molecule has 118 valence electrons. The van der Waals surface area contributed by atoms with Gasteiger partial charge >= 0.3 is 0 Å². The topological polar surface area (TPSA) is 42.0 Å². The molecule has 3 nitrogen and oxygen atoms in total. The number of carbonyl (C=O) groups excluding carboxylic acids is 1. The largest absolute Gasteiger partial charge is 0.353 e. The first kappa shape index (κ1) is 16.8. The van der Waals surface area contributed by atoms with Crippen molar-refractivity contribution < 1.29 is 4.79 Å². The van der Waals surface area contributed by atoms with Crippen LogP contribution in [0.25, 0.3) is 10.9 Å². The van der Waals surface area contributed by atoms with E-state index in [4.69, 9.17) is 0 Å². The third-order valence-electron chi connectivity index (χ3n) is 3.62. The summed E-state index contributed by atoms with van der Waals surface area (Å²) in [5, 5.41) is 4.19. The van der Waals surface area contributed by atoms with E-state index in [0.717, 1.165) is 22.2 Å². The van der Waals surface area contributed by atoms with E-state index >= 15 is 0 Å². The van der Waals surface area contributed by atoms with Crippen molar-refractivity contribution in [2.45, 2.75) is 50.5 Å². The number of nitrogens with one attached hydrogen (secondary N) is 1. The Morgan fingerprint density at radius 1 is 1.27 bits per heavy atom. The van der Waals surface area contributed by atoms with Gasteiger partial charge in [-0.05, 0) is 25.5 Å². The molecule has 4 heteroatoms. The van der Waals surface area contributed by atoms with E-state index in [1.807, 2.05) is 24.3 Å². The van der Waals surface area contributed by atoms with Crippen LogP contribution in [0.1, 0.15) is 39.5 Å². The molecule has 0 aliphatic rings. The lowest BCUT2D eigenvalue weighted by Gasteiger charge is -2.13. The molecule has 0 spiro atoms. The lowest BCUT2D eigenvalue weighted by molar-refractivity contribution is -0.119. The smallest absolute Gasteiger partial charge is 0.230 e. The van der Waals surface area contributed by atoms with Crippen molar-refractivity contribution in [2.75, 3.05) is 5.75 Å². The molecule has 1 aromatic carbocycles. The molecule has 0 aliphatic carbocycles. The number of rotatable bonds is 8. The summed E-state index contributed by atoms with van der Waals surface area (Å²) in [5.74, 6) is 0.557. The van der Waals surface area contributed by atoms with Crippen LogP contribution in [0.3, 0.4) is 0 Å². The zero-order valence-corrected chi connectivity index (χ0v) is 14.2. The predicted molar refractivity (Wildman–Crippen MR) is 94.2 cm³/mol. The Labute approximate surface area is 136 Å². The Morgan fingerprint density at radius 2 is 2.09 bits per heavy atom. The number of pyridine rings is 1. The number of unbranched alkanes of at least 4 members (excludes halogenated alkanes) is 2. The molecule has 22 heavy (non-hydrogen) atoms. The molecular formula is C18H24N2OS. The Balaban J connectivity index is 1.85. The number of hydrogen-bond donors (Lipinski definition) is 1. The highest BCUT2D eigenvalue weighted by Crippen LogP contribution is 2.26. The Kier molecular flexibility index (Phi) is 6.72. The van der Waals surface area contributed by atoms with Crippen LogP contribution in [0.2, 0.25) is 0 Å². The molecular weight excluding hydrogens is 292 g/mol. The van der Waals surface area contributed by atoms with Crippen LogP contribution in [0.15, 0.2) is 41.4 Å². The molecule has 1 N–H and O–H groups in total. The van der Waals surface area contributed by atoms with E-state index in [2.05, 4.69) is 30.2 Å². The van der Waals surface area contributed by atoms with Crippen LogP contribution >= 0.6 is 11.8 Å². The predicted octanol–water partition coefficient (Wildman–Crippen LogP) is 4.41. The number of amides is 1. The highest BCUT2D eigenvalue weighted by Gasteiger charge is 2.09. The first-order chi connectivity index (χ1) is 10.7. The summed E-state index contributed by atoms with van der Waals surface area (Å²) in [6.07, 6.45) is 6.49. The third kappa shape index (κ3) is 5.02. The number of fused-ring (bicyclic) bond motifs is 1. The fraction of sp³-hybridized carbons (Fsp3) is 0.444. The lowest BCUT2D eigenvalue weighted by atomic mass is 10.1. The minimum atomic E-state index is 0.106. The van der Waals surface area contributed by atoms with Crippen LogP contribution in [0.4, 0.5) is 0 Å². The Morgan fingerprint density at radius 3 is 2.91 bits per heavy atom. The van der Waals surface area contributed by atoms with Crippen LogP contribution in [0.5, 0.6) is 0 Å². The number of benzene rings is 1. The molecule has 1 aromatic heterocycles.